The zero-order chi connectivity index (χ0) is 15.0. The van der Waals surface area contributed by atoms with Gasteiger partial charge in [0.15, 0.2) is 0 Å². The monoisotopic (exact) mass is 299 g/mol. The molecule has 0 radical (unpaired) electrons. The summed E-state index contributed by atoms with van der Waals surface area (Å²) in [7, 11) is 0. The quantitative estimate of drug-likeness (QED) is 0.731. The Labute approximate surface area is 123 Å². The van der Waals surface area contributed by atoms with Crippen LogP contribution in [0.25, 0.3) is 10.2 Å². The number of halogens is 1. The molecule has 1 aromatic carbocycles. The van der Waals surface area contributed by atoms with Crippen LogP contribution in [0, 0.1) is 24.1 Å². The highest BCUT2D eigenvalue weighted by Gasteiger charge is 2.09. The van der Waals surface area contributed by atoms with Crippen LogP contribution >= 0.6 is 11.3 Å². The number of hydrogen-bond acceptors (Lipinski definition) is 4. The molecule has 3 aromatic rings. The van der Waals surface area contributed by atoms with E-state index in [9.17, 15) is 9.18 Å². The summed E-state index contributed by atoms with van der Waals surface area (Å²) in [6.07, 6.45) is 1.46. The third kappa shape index (κ3) is 2.43. The average Bonchev–Trinajstić information content (AvgIpc) is 2.83. The maximum absolute atomic E-state index is 13.4. The summed E-state index contributed by atoms with van der Waals surface area (Å²) in [5.74, 6) is -0.488. The molecule has 21 heavy (non-hydrogen) atoms. The van der Waals surface area contributed by atoms with E-state index in [1.807, 2.05) is 18.4 Å². The average molecular weight is 299 g/mol. The van der Waals surface area contributed by atoms with Gasteiger partial charge in [-0.3, -0.25) is 9.36 Å². The summed E-state index contributed by atoms with van der Waals surface area (Å²) < 4.78 is 15.4. The first-order valence-corrected chi connectivity index (χ1v) is 7.09. The maximum Gasteiger partial charge on any atom is 0.271 e. The van der Waals surface area contributed by atoms with E-state index in [4.69, 9.17) is 5.26 Å². The molecule has 0 N–H and O–H groups in total. The molecule has 0 unspecified atom stereocenters. The highest BCUT2D eigenvalue weighted by molar-refractivity contribution is 7.17. The molecule has 0 bridgehead atoms. The van der Waals surface area contributed by atoms with Crippen molar-refractivity contribution in [2.75, 3.05) is 0 Å². The standard InChI is InChI=1S/C15H10FN3OS/c1-9-7-21-14-13(9)18-8-19(15(14)20)6-11-2-10(5-17)3-12(16)4-11/h2-4,7-8H,6H2,1H3. The van der Waals surface area contributed by atoms with Crippen molar-refractivity contribution in [1.29, 1.82) is 5.26 Å². The lowest BCUT2D eigenvalue weighted by Gasteiger charge is -2.06. The second-order valence-electron chi connectivity index (χ2n) is 4.73. The van der Waals surface area contributed by atoms with Crippen LogP contribution < -0.4 is 5.56 Å². The van der Waals surface area contributed by atoms with E-state index >= 15 is 0 Å². The number of thiophene rings is 1. The lowest BCUT2D eigenvalue weighted by atomic mass is 10.1. The van der Waals surface area contributed by atoms with Crippen molar-refractivity contribution in [3.63, 3.8) is 0 Å². The van der Waals surface area contributed by atoms with E-state index in [2.05, 4.69) is 4.98 Å². The van der Waals surface area contributed by atoms with Crippen molar-refractivity contribution < 1.29 is 4.39 Å². The van der Waals surface area contributed by atoms with Crippen LogP contribution in [0.2, 0.25) is 0 Å². The Kier molecular flexibility index (Phi) is 3.28. The fraction of sp³-hybridized carbons (Fsp3) is 0.133. The lowest BCUT2D eigenvalue weighted by molar-refractivity contribution is 0.622. The highest BCUT2D eigenvalue weighted by Crippen LogP contribution is 2.19. The molecule has 104 valence electrons. The molecule has 0 atom stereocenters. The molecule has 3 rings (SSSR count). The molecular weight excluding hydrogens is 289 g/mol. The third-order valence-electron chi connectivity index (χ3n) is 3.16. The van der Waals surface area contributed by atoms with Crippen LogP contribution in [-0.4, -0.2) is 9.55 Å². The van der Waals surface area contributed by atoms with Crippen LogP contribution in [-0.2, 0) is 6.54 Å². The number of nitriles is 1. The van der Waals surface area contributed by atoms with Gasteiger partial charge in [0.25, 0.3) is 5.56 Å². The summed E-state index contributed by atoms with van der Waals surface area (Å²) in [6, 6.07) is 5.95. The molecule has 0 amide bonds. The molecule has 4 nitrogen and oxygen atoms in total. The molecular formula is C15H10FN3OS. The van der Waals surface area contributed by atoms with Gasteiger partial charge in [0.1, 0.15) is 10.5 Å². The van der Waals surface area contributed by atoms with Gasteiger partial charge in [-0.05, 0) is 41.6 Å². The minimum absolute atomic E-state index is 0.152. The van der Waals surface area contributed by atoms with Gasteiger partial charge >= 0.3 is 0 Å². The zero-order valence-electron chi connectivity index (χ0n) is 11.1. The fourth-order valence-electron chi connectivity index (χ4n) is 2.18. The van der Waals surface area contributed by atoms with Gasteiger partial charge in [0, 0.05) is 0 Å². The molecule has 0 saturated heterocycles. The number of aromatic nitrogens is 2. The number of rotatable bonds is 2. The van der Waals surface area contributed by atoms with E-state index < -0.39 is 5.82 Å². The molecule has 6 heteroatoms. The van der Waals surface area contributed by atoms with E-state index in [0.29, 0.717) is 15.8 Å². The predicted octanol–water partition coefficient (Wildman–Crippen LogP) is 2.83. The number of hydrogen-bond donors (Lipinski definition) is 0. The van der Waals surface area contributed by atoms with Gasteiger partial charge in [0.05, 0.1) is 30.0 Å². The Morgan fingerprint density at radius 2 is 2.24 bits per heavy atom. The number of nitrogens with zero attached hydrogens (tertiary/aromatic N) is 3. The van der Waals surface area contributed by atoms with Crippen molar-refractivity contribution in [3.8, 4) is 6.07 Å². The van der Waals surface area contributed by atoms with Crippen molar-refractivity contribution in [3.05, 3.63) is 62.8 Å². The first kappa shape index (κ1) is 13.5. The van der Waals surface area contributed by atoms with Crippen LogP contribution in [0.1, 0.15) is 16.7 Å². The normalized spacial score (nSPS) is 10.7. The van der Waals surface area contributed by atoms with Crippen molar-refractivity contribution >= 4 is 21.6 Å². The largest absolute Gasteiger partial charge is 0.294 e. The first-order valence-electron chi connectivity index (χ1n) is 6.21. The smallest absolute Gasteiger partial charge is 0.271 e. The van der Waals surface area contributed by atoms with Crippen LogP contribution in [0.4, 0.5) is 4.39 Å². The minimum atomic E-state index is -0.488. The van der Waals surface area contributed by atoms with E-state index in [1.165, 1.54) is 28.3 Å². The first-order chi connectivity index (χ1) is 10.1. The molecule has 0 saturated carbocycles. The maximum atomic E-state index is 13.4. The Balaban J connectivity index is 2.06. The summed E-state index contributed by atoms with van der Waals surface area (Å²) >= 11 is 1.35. The summed E-state index contributed by atoms with van der Waals surface area (Å²) in [5.41, 5.74) is 2.32. The topological polar surface area (TPSA) is 58.7 Å². The second-order valence-corrected chi connectivity index (χ2v) is 5.61. The predicted molar refractivity (Wildman–Crippen MR) is 78.8 cm³/mol. The van der Waals surface area contributed by atoms with Gasteiger partial charge in [0.2, 0.25) is 0 Å². The SMILES string of the molecule is Cc1csc2c(=O)n(Cc3cc(F)cc(C#N)c3)cnc12. The molecule has 2 heterocycles. The summed E-state index contributed by atoms with van der Waals surface area (Å²) in [4.78, 5) is 16.6. The highest BCUT2D eigenvalue weighted by atomic mass is 32.1. The summed E-state index contributed by atoms with van der Waals surface area (Å²) in [6.45, 7) is 2.09. The van der Waals surface area contributed by atoms with Crippen LogP contribution in [0.15, 0.2) is 34.7 Å². The van der Waals surface area contributed by atoms with Crippen molar-refractivity contribution in [2.45, 2.75) is 13.5 Å². The third-order valence-corrected chi connectivity index (χ3v) is 4.24. The van der Waals surface area contributed by atoms with Gasteiger partial charge in [-0.15, -0.1) is 11.3 Å². The van der Waals surface area contributed by atoms with E-state index in [1.54, 1.807) is 6.07 Å². The zero-order valence-corrected chi connectivity index (χ0v) is 11.9. The van der Waals surface area contributed by atoms with Crippen molar-refractivity contribution in [2.24, 2.45) is 0 Å². The van der Waals surface area contributed by atoms with Gasteiger partial charge in [-0.1, -0.05) is 0 Å². The minimum Gasteiger partial charge on any atom is -0.294 e. The second kappa shape index (κ2) is 5.11. The van der Waals surface area contributed by atoms with E-state index in [-0.39, 0.29) is 17.7 Å². The van der Waals surface area contributed by atoms with Crippen LogP contribution in [0.5, 0.6) is 0 Å². The van der Waals surface area contributed by atoms with Crippen molar-refractivity contribution in [1.82, 2.24) is 9.55 Å². The Morgan fingerprint density at radius 1 is 1.43 bits per heavy atom. The lowest BCUT2D eigenvalue weighted by Crippen LogP contribution is -2.20. The molecule has 0 aliphatic carbocycles. The number of benzene rings is 1. The molecule has 0 fully saturated rings. The Bertz CT molecular complexity index is 936. The molecule has 0 aliphatic rings. The number of fused-ring (bicyclic) bond motifs is 1. The fourth-order valence-corrected chi connectivity index (χ4v) is 3.13. The van der Waals surface area contributed by atoms with Gasteiger partial charge < -0.3 is 0 Å². The van der Waals surface area contributed by atoms with E-state index in [0.717, 1.165) is 11.6 Å². The molecule has 0 spiro atoms. The van der Waals surface area contributed by atoms with Gasteiger partial charge in [-0.2, -0.15) is 5.26 Å². The molecule has 2 aromatic heterocycles. The molecule has 0 aliphatic heterocycles. The van der Waals surface area contributed by atoms with Gasteiger partial charge in [-0.25, -0.2) is 9.37 Å². The Morgan fingerprint density at radius 3 is 3.00 bits per heavy atom. The Hall–Kier alpha value is -2.52. The summed E-state index contributed by atoms with van der Waals surface area (Å²) in [5, 5.41) is 10.7. The van der Waals surface area contributed by atoms with Crippen LogP contribution in [0.3, 0.4) is 0 Å². The number of aryl methyl sites for hydroxylation is 1.